The van der Waals surface area contributed by atoms with Crippen molar-refractivity contribution in [1.82, 2.24) is 9.88 Å². The number of aliphatic hydroxyl groups excluding tert-OH is 1. The number of aliphatic hydroxyl groups is 1. The van der Waals surface area contributed by atoms with Crippen LogP contribution in [0.5, 0.6) is 5.75 Å². The van der Waals surface area contributed by atoms with E-state index in [1.807, 2.05) is 30.3 Å². The zero-order valence-corrected chi connectivity index (χ0v) is 13.8. The standard InChI is InChI=1S/C19H24N2O3/c22-13-17-12-21(8-9-23-14-17)11-16-4-3-6-19(10-16)24-15-18-5-1-2-7-20-18/h1-7,10,17,22H,8-9,11-15H2/t17-/m0/s1. The summed E-state index contributed by atoms with van der Waals surface area (Å²) in [5.74, 6) is 1.04. The van der Waals surface area contributed by atoms with E-state index < -0.39 is 0 Å². The lowest BCUT2D eigenvalue weighted by atomic mass is 10.1. The van der Waals surface area contributed by atoms with Crippen LogP contribution in [0.1, 0.15) is 11.3 Å². The summed E-state index contributed by atoms with van der Waals surface area (Å²) >= 11 is 0. The summed E-state index contributed by atoms with van der Waals surface area (Å²) in [7, 11) is 0. The Bertz CT molecular complexity index is 621. The first kappa shape index (κ1) is 16.9. The van der Waals surface area contributed by atoms with Crippen LogP contribution in [0.3, 0.4) is 0 Å². The van der Waals surface area contributed by atoms with Crippen LogP contribution < -0.4 is 4.74 Å². The SMILES string of the molecule is OC[C@H]1COCCN(Cc2cccc(OCc3ccccn3)c2)C1. The van der Waals surface area contributed by atoms with Crippen LogP contribution in [0.25, 0.3) is 0 Å². The summed E-state index contributed by atoms with van der Waals surface area (Å²) < 4.78 is 11.4. The van der Waals surface area contributed by atoms with Gasteiger partial charge in [0.1, 0.15) is 12.4 Å². The van der Waals surface area contributed by atoms with Crippen LogP contribution in [0.4, 0.5) is 0 Å². The molecule has 0 spiro atoms. The zero-order chi connectivity index (χ0) is 16.6. The molecule has 1 N–H and O–H groups in total. The van der Waals surface area contributed by atoms with E-state index in [9.17, 15) is 5.11 Å². The van der Waals surface area contributed by atoms with Gasteiger partial charge in [-0.15, -0.1) is 0 Å². The van der Waals surface area contributed by atoms with Crippen molar-refractivity contribution in [3.63, 3.8) is 0 Å². The Morgan fingerprint density at radius 1 is 1.25 bits per heavy atom. The summed E-state index contributed by atoms with van der Waals surface area (Å²) in [5, 5.41) is 9.39. The molecule has 1 saturated heterocycles. The number of benzene rings is 1. The summed E-state index contributed by atoms with van der Waals surface area (Å²) in [5.41, 5.74) is 2.12. The molecule has 5 nitrogen and oxygen atoms in total. The molecule has 0 amide bonds. The fourth-order valence-corrected chi connectivity index (χ4v) is 2.84. The quantitative estimate of drug-likeness (QED) is 0.880. The van der Waals surface area contributed by atoms with Gasteiger partial charge < -0.3 is 14.6 Å². The molecule has 1 aromatic carbocycles. The Morgan fingerprint density at radius 2 is 2.21 bits per heavy atom. The summed E-state index contributed by atoms with van der Waals surface area (Å²) in [6, 6.07) is 14.0. The number of hydrogen-bond donors (Lipinski definition) is 1. The second kappa shape index (κ2) is 8.78. The minimum Gasteiger partial charge on any atom is -0.487 e. The molecule has 1 aromatic heterocycles. The molecule has 3 rings (SSSR count). The van der Waals surface area contributed by atoms with Crippen molar-refractivity contribution in [3.05, 3.63) is 59.9 Å². The van der Waals surface area contributed by atoms with E-state index in [1.54, 1.807) is 6.20 Å². The van der Waals surface area contributed by atoms with Crippen molar-refractivity contribution < 1.29 is 14.6 Å². The molecule has 2 aromatic rings. The minimum absolute atomic E-state index is 0.170. The predicted octanol–water partition coefficient (Wildman–Crippen LogP) is 2.10. The number of nitrogens with zero attached hydrogens (tertiary/aromatic N) is 2. The molecule has 0 saturated carbocycles. The van der Waals surface area contributed by atoms with Crippen LogP contribution in [0.15, 0.2) is 48.7 Å². The maximum Gasteiger partial charge on any atom is 0.130 e. The van der Waals surface area contributed by atoms with Gasteiger partial charge in [-0.2, -0.15) is 0 Å². The van der Waals surface area contributed by atoms with Gasteiger partial charge in [-0.05, 0) is 29.8 Å². The Labute approximate surface area is 142 Å². The van der Waals surface area contributed by atoms with Gasteiger partial charge in [0.15, 0.2) is 0 Å². The van der Waals surface area contributed by atoms with E-state index in [-0.39, 0.29) is 12.5 Å². The predicted molar refractivity (Wildman–Crippen MR) is 91.7 cm³/mol. The zero-order valence-electron chi connectivity index (χ0n) is 13.8. The van der Waals surface area contributed by atoms with Crippen molar-refractivity contribution in [2.45, 2.75) is 13.2 Å². The first-order valence-corrected chi connectivity index (χ1v) is 8.36. The Kier molecular flexibility index (Phi) is 6.18. The fourth-order valence-electron chi connectivity index (χ4n) is 2.84. The summed E-state index contributed by atoms with van der Waals surface area (Å²) in [6.07, 6.45) is 1.77. The van der Waals surface area contributed by atoms with Gasteiger partial charge in [-0.1, -0.05) is 18.2 Å². The van der Waals surface area contributed by atoms with Crippen molar-refractivity contribution in [3.8, 4) is 5.75 Å². The third-order valence-corrected chi connectivity index (χ3v) is 4.10. The van der Waals surface area contributed by atoms with Crippen molar-refractivity contribution in [1.29, 1.82) is 0 Å². The molecular formula is C19H24N2O3. The molecule has 1 aliphatic heterocycles. The largest absolute Gasteiger partial charge is 0.487 e. The second-order valence-electron chi connectivity index (χ2n) is 6.12. The monoisotopic (exact) mass is 328 g/mol. The van der Waals surface area contributed by atoms with Gasteiger partial charge in [0.05, 0.1) is 18.9 Å². The number of ether oxygens (including phenoxy) is 2. The molecule has 0 unspecified atom stereocenters. The highest BCUT2D eigenvalue weighted by molar-refractivity contribution is 5.28. The molecule has 0 bridgehead atoms. The van der Waals surface area contributed by atoms with Gasteiger partial charge in [-0.25, -0.2) is 0 Å². The van der Waals surface area contributed by atoms with E-state index >= 15 is 0 Å². The number of hydrogen-bond acceptors (Lipinski definition) is 5. The lowest BCUT2D eigenvalue weighted by molar-refractivity contribution is 0.0958. The molecule has 128 valence electrons. The van der Waals surface area contributed by atoms with Crippen LogP contribution in [-0.4, -0.2) is 47.9 Å². The Balaban J connectivity index is 1.58. The maximum absolute atomic E-state index is 9.39. The first-order valence-electron chi connectivity index (χ1n) is 8.36. The fraction of sp³-hybridized carbons (Fsp3) is 0.421. The van der Waals surface area contributed by atoms with Crippen molar-refractivity contribution in [2.75, 3.05) is 32.9 Å². The number of rotatable bonds is 6. The lowest BCUT2D eigenvalue weighted by Gasteiger charge is -2.22. The molecular weight excluding hydrogens is 304 g/mol. The third kappa shape index (κ3) is 5.03. The van der Waals surface area contributed by atoms with Crippen LogP contribution >= 0.6 is 0 Å². The van der Waals surface area contributed by atoms with Crippen LogP contribution in [0.2, 0.25) is 0 Å². The number of pyridine rings is 1. The van der Waals surface area contributed by atoms with Gasteiger partial charge in [0.25, 0.3) is 0 Å². The van der Waals surface area contributed by atoms with Crippen LogP contribution in [-0.2, 0) is 17.9 Å². The molecule has 0 radical (unpaired) electrons. The molecule has 0 aliphatic carbocycles. The summed E-state index contributed by atoms with van der Waals surface area (Å²) in [6.45, 7) is 4.57. The smallest absolute Gasteiger partial charge is 0.130 e. The van der Waals surface area contributed by atoms with Gasteiger partial charge in [0, 0.05) is 38.4 Å². The average molecular weight is 328 g/mol. The van der Waals surface area contributed by atoms with Gasteiger partial charge in [0.2, 0.25) is 0 Å². The molecule has 2 heterocycles. The molecule has 1 aliphatic rings. The molecule has 1 atom stereocenters. The maximum atomic E-state index is 9.39. The van der Waals surface area contributed by atoms with Crippen LogP contribution in [0, 0.1) is 5.92 Å². The first-order chi connectivity index (χ1) is 11.8. The minimum atomic E-state index is 0.170. The van der Waals surface area contributed by atoms with Gasteiger partial charge >= 0.3 is 0 Å². The van der Waals surface area contributed by atoms with Gasteiger partial charge in [-0.3, -0.25) is 9.88 Å². The Hall–Kier alpha value is -1.95. The van der Waals surface area contributed by atoms with E-state index in [0.717, 1.165) is 31.1 Å². The average Bonchev–Trinajstić information content (AvgIpc) is 2.86. The summed E-state index contributed by atoms with van der Waals surface area (Å²) in [4.78, 5) is 6.59. The van der Waals surface area contributed by atoms with E-state index in [0.29, 0.717) is 19.8 Å². The second-order valence-corrected chi connectivity index (χ2v) is 6.12. The highest BCUT2D eigenvalue weighted by Gasteiger charge is 2.18. The molecule has 5 heteroatoms. The number of aromatic nitrogens is 1. The van der Waals surface area contributed by atoms with E-state index in [2.05, 4.69) is 22.0 Å². The van der Waals surface area contributed by atoms with Crippen molar-refractivity contribution >= 4 is 0 Å². The lowest BCUT2D eigenvalue weighted by Crippen LogP contribution is -2.31. The highest BCUT2D eigenvalue weighted by atomic mass is 16.5. The normalized spacial score (nSPS) is 19.0. The molecule has 1 fully saturated rings. The van der Waals surface area contributed by atoms with E-state index in [1.165, 1.54) is 5.56 Å². The third-order valence-electron chi connectivity index (χ3n) is 4.10. The highest BCUT2D eigenvalue weighted by Crippen LogP contribution is 2.17. The molecule has 24 heavy (non-hydrogen) atoms. The topological polar surface area (TPSA) is 54.8 Å². The van der Waals surface area contributed by atoms with E-state index in [4.69, 9.17) is 9.47 Å². The Morgan fingerprint density at radius 3 is 3.04 bits per heavy atom. The van der Waals surface area contributed by atoms with Crippen molar-refractivity contribution in [2.24, 2.45) is 5.92 Å².